The molecule has 0 aromatic heterocycles. The van der Waals surface area contributed by atoms with Crippen molar-refractivity contribution in [1.82, 2.24) is 0 Å². The molecule has 0 radical (unpaired) electrons. The Hall–Kier alpha value is -0.320. The number of hydrogen-bond acceptors (Lipinski definition) is 1. The second-order valence-electron chi connectivity index (χ2n) is 4.19. The van der Waals surface area contributed by atoms with Gasteiger partial charge in [-0.25, -0.2) is 8.78 Å². The molecule has 1 nitrogen and oxygen atoms in total. The maximum Gasteiger partial charge on any atom is 0.416 e. The van der Waals surface area contributed by atoms with Crippen LogP contribution in [0, 0.1) is 0 Å². The Labute approximate surface area is 101 Å². The van der Waals surface area contributed by atoms with Crippen molar-refractivity contribution in [3.8, 4) is 0 Å². The molecule has 0 rings (SSSR count). The van der Waals surface area contributed by atoms with Crippen molar-refractivity contribution in [1.29, 1.82) is 0 Å². The third kappa shape index (κ3) is 9.39. The van der Waals surface area contributed by atoms with Gasteiger partial charge in [-0.3, -0.25) is 0 Å². The zero-order valence-electron chi connectivity index (χ0n) is 10.4. The standard InChI is InChI=1S/C12H22F4O/c1-2-3-4-5-6-7-8-9-10-17-12(15,16)11(13)14/h11H,2-10H2,1H3. The van der Waals surface area contributed by atoms with Gasteiger partial charge in [0, 0.05) is 0 Å². The Morgan fingerprint density at radius 1 is 0.882 bits per heavy atom. The number of unbranched alkanes of at least 4 members (excludes halogenated alkanes) is 7. The SMILES string of the molecule is CCCCCCCCCCOC(F)(F)C(F)F. The molecule has 0 heterocycles. The Bertz CT molecular complexity index is 174. The molecule has 0 saturated heterocycles. The van der Waals surface area contributed by atoms with Crippen LogP contribution in [0.25, 0.3) is 0 Å². The average molecular weight is 258 g/mol. The molecular weight excluding hydrogens is 236 g/mol. The largest absolute Gasteiger partial charge is 0.416 e. The van der Waals surface area contributed by atoms with E-state index in [0.717, 1.165) is 25.7 Å². The van der Waals surface area contributed by atoms with Crippen LogP contribution in [-0.4, -0.2) is 19.1 Å². The van der Waals surface area contributed by atoms with Gasteiger partial charge in [0.2, 0.25) is 0 Å². The molecule has 5 heteroatoms. The maximum atomic E-state index is 12.3. The van der Waals surface area contributed by atoms with E-state index in [9.17, 15) is 17.6 Å². The van der Waals surface area contributed by atoms with E-state index in [-0.39, 0.29) is 6.61 Å². The summed E-state index contributed by atoms with van der Waals surface area (Å²) in [6.45, 7) is 1.84. The first-order valence-electron chi connectivity index (χ1n) is 6.30. The summed E-state index contributed by atoms with van der Waals surface area (Å²) in [7, 11) is 0. The van der Waals surface area contributed by atoms with Crippen LogP contribution in [0.15, 0.2) is 0 Å². The number of alkyl halides is 4. The highest BCUT2D eigenvalue weighted by atomic mass is 19.3. The van der Waals surface area contributed by atoms with Crippen LogP contribution in [-0.2, 0) is 4.74 Å². The minimum atomic E-state index is -4.29. The minimum absolute atomic E-state index is 0.299. The summed E-state index contributed by atoms with van der Waals surface area (Å²) in [6, 6.07) is 0. The summed E-state index contributed by atoms with van der Waals surface area (Å²) >= 11 is 0. The lowest BCUT2D eigenvalue weighted by atomic mass is 10.1. The van der Waals surface area contributed by atoms with E-state index in [4.69, 9.17) is 0 Å². The molecular formula is C12H22F4O. The first kappa shape index (κ1) is 16.7. The lowest BCUT2D eigenvalue weighted by molar-refractivity contribution is -0.300. The number of ether oxygens (including phenoxy) is 1. The van der Waals surface area contributed by atoms with Crippen molar-refractivity contribution in [2.45, 2.75) is 70.8 Å². The van der Waals surface area contributed by atoms with Gasteiger partial charge in [-0.05, 0) is 6.42 Å². The molecule has 0 amide bonds. The highest BCUT2D eigenvalue weighted by Gasteiger charge is 2.41. The van der Waals surface area contributed by atoms with Crippen LogP contribution >= 0.6 is 0 Å². The molecule has 0 aliphatic carbocycles. The second kappa shape index (κ2) is 9.68. The molecule has 0 aromatic rings. The molecule has 17 heavy (non-hydrogen) atoms. The molecule has 0 aliphatic rings. The first-order chi connectivity index (χ1) is 8.00. The summed E-state index contributed by atoms with van der Waals surface area (Å²) in [4.78, 5) is 0. The van der Waals surface area contributed by atoms with Crippen LogP contribution < -0.4 is 0 Å². The number of hydrogen-bond donors (Lipinski definition) is 0. The van der Waals surface area contributed by atoms with Crippen molar-refractivity contribution >= 4 is 0 Å². The molecule has 0 spiro atoms. The molecule has 0 saturated carbocycles. The fourth-order valence-corrected chi connectivity index (χ4v) is 1.51. The molecule has 0 fully saturated rings. The Kier molecular flexibility index (Phi) is 9.50. The summed E-state index contributed by atoms with van der Waals surface area (Å²) in [5.41, 5.74) is 0. The fourth-order valence-electron chi connectivity index (χ4n) is 1.51. The van der Waals surface area contributed by atoms with Gasteiger partial charge >= 0.3 is 12.5 Å². The van der Waals surface area contributed by atoms with Gasteiger partial charge < -0.3 is 4.74 Å². The number of rotatable bonds is 11. The average Bonchev–Trinajstić information content (AvgIpc) is 2.26. The van der Waals surface area contributed by atoms with Crippen LogP contribution in [0.2, 0.25) is 0 Å². The maximum absolute atomic E-state index is 12.3. The van der Waals surface area contributed by atoms with Gasteiger partial charge in [-0.15, -0.1) is 0 Å². The Morgan fingerprint density at radius 2 is 1.35 bits per heavy atom. The van der Waals surface area contributed by atoms with E-state index in [1.807, 2.05) is 0 Å². The second-order valence-corrected chi connectivity index (χ2v) is 4.19. The smallest absolute Gasteiger partial charge is 0.316 e. The van der Waals surface area contributed by atoms with Crippen molar-refractivity contribution in [3.05, 3.63) is 0 Å². The van der Waals surface area contributed by atoms with Gasteiger partial charge in [-0.2, -0.15) is 8.78 Å². The molecule has 104 valence electrons. The fraction of sp³-hybridized carbons (Fsp3) is 1.00. The Morgan fingerprint density at radius 3 is 1.82 bits per heavy atom. The molecule has 0 unspecified atom stereocenters. The lowest BCUT2D eigenvalue weighted by Gasteiger charge is -2.15. The van der Waals surface area contributed by atoms with Crippen molar-refractivity contribution < 1.29 is 22.3 Å². The van der Waals surface area contributed by atoms with Gasteiger partial charge in [0.25, 0.3) is 0 Å². The van der Waals surface area contributed by atoms with Crippen LogP contribution in [0.3, 0.4) is 0 Å². The van der Waals surface area contributed by atoms with Crippen LogP contribution in [0.1, 0.15) is 58.3 Å². The van der Waals surface area contributed by atoms with E-state index >= 15 is 0 Å². The lowest BCUT2D eigenvalue weighted by Crippen LogP contribution is -2.30. The summed E-state index contributed by atoms with van der Waals surface area (Å²) in [6.07, 6.45) is -0.0589. The first-order valence-corrected chi connectivity index (χ1v) is 6.30. The van der Waals surface area contributed by atoms with E-state index in [1.54, 1.807) is 0 Å². The normalized spacial score (nSPS) is 12.4. The minimum Gasteiger partial charge on any atom is -0.316 e. The van der Waals surface area contributed by atoms with Gasteiger partial charge in [0.05, 0.1) is 6.61 Å². The summed E-state index contributed by atoms with van der Waals surface area (Å²) < 4.78 is 51.8. The highest BCUT2D eigenvalue weighted by Crippen LogP contribution is 2.24. The van der Waals surface area contributed by atoms with Crippen molar-refractivity contribution in [2.75, 3.05) is 6.61 Å². The Balaban J connectivity index is 3.24. The van der Waals surface area contributed by atoms with E-state index < -0.39 is 12.5 Å². The van der Waals surface area contributed by atoms with E-state index in [2.05, 4.69) is 11.7 Å². The zero-order valence-corrected chi connectivity index (χ0v) is 10.4. The van der Waals surface area contributed by atoms with E-state index in [1.165, 1.54) is 19.3 Å². The van der Waals surface area contributed by atoms with E-state index in [0.29, 0.717) is 6.42 Å². The van der Waals surface area contributed by atoms with Crippen LogP contribution in [0.5, 0.6) is 0 Å². The number of halogens is 4. The predicted octanol–water partition coefficient (Wildman–Crippen LogP) is 5.00. The predicted molar refractivity (Wildman–Crippen MR) is 59.5 cm³/mol. The monoisotopic (exact) mass is 258 g/mol. The molecule has 0 aromatic carbocycles. The van der Waals surface area contributed by atoms with Crippen molar-refractivity contribution in [2.24, 2.45) is 0 Å². The third-order valence-corrected chi connectivity index (χ3v) is 2.55. The van der Waals surface area contributed by atoms with Crippen LogP contribution in [0.4, 0.5) is 17.6 Å². The zero-order chi connectivity index (χ0) is 13.1. The molecule has 0 atom stereocenters. The van der Waals surface area contributed by atoms with Crippen molar-refractivity contribution in [3.63, 3.8) is 0 Å². The third-order valence-electron chi connectivity index (χ3n) is 2.55. The molecule has 0 aliphatic heterocycles. The quantitative estimate of drug-likeness (QED) is 0.374. The molecule has 0 N–H and O–H groups in total. The van der Waals surface area contributed by atoms with Gasteiger partial charge in [-0.1, -0.05) is 51.9 Å². The summed E-state index contributed by atoms with van der Waals surface area (Å²) in [5, 5.41) is 0. The van der Waals surface area contributed by atoms with Gasteiger partial charge in [0.15, 0.2) is 0 Å². The molecule has 0 bridgehead atoms. The highest BCUT2D eigenvalue weighted by molar-refractivity contribution is 4.55. The van der Waals surface area contributed by atoms with Gasteiger partial charge in [0.1, 0.15) is 0 Å². The topological polar surface area (TPSA) is 9.23 Å². The summed E-state index contributed by atoms with van der Waals surface area (Å²) in [5.74, 6) is 0.